The van der Waals surface area contributed by atoms with E-state index in [0.717, 1.165) is 89.9 Å². The molecule has 9 nitrogen and oxygen atoms in total. The fourth-order valence-electron chi connectivity index (χ4n) is 5.81. The van der Waals surface area contributed by atoms with Gasteiger partial charge in [0.05, 0.1) is 26.4 Å². The number of aliphatic hydroxyl groups excluding tert-OH is 2. The number of hydrogen-bond acceptors (Lipinski definition) is 8. The van der Waals surface area contributed by atoms with Gasteiger partial charge in [0.1, 0.15) is 12.2 Å². The predicted molar refractivity (Wildman–Crippen MR) is 233 cm³/mol. The lowest BCUT2D eigenvalue weighted by Gasteiger charge is -2.20. The molecule has 326 valence electrons. The van der Waals surface area contributed by atoms with Gasteiger partial charge in [-0.2, -0.15) is 0 Å². The molecule has 0 radical (unpaired) electrons. The van der Waals surface area contributed by atoms with Crippen molar-refractivity contribution in [2.45, 2.75) is 193 Å². The number of carbonyl (C=O) groups excluding carboxylic acids is 1. The van der Waals surface area contributed by atoms with Crippen LogP contribution in [-0.4, -0.2) is 66.3 Å². The summed E-state index contributed by atoms with van der Waals surface area (Å²) >= 11 is 0. The molecular formula is C46H83O9P. The Bertz CT molecular complexity index is 1060. The van der Waals surface area contributed by atoms with Crippen LogP contribution >= 0.6 is 7.82 Å². The molecule has 0 saturated carbocycles. The number of phosphoric acid groups is 1. The lowest BCUT2D eigenvalue weighted by Crippen LogP contribution is -2.29. The van der Waals surface area contributed by atoms with Gasteiger partial charge in [-0.05, 0) is 77.0 Å². The predicted octanol–water partition coefficient (Wildman–Crippen LogP) is 12.4. The number of esters is 1. The molecule has 3 atom stereocenters. The smallest absolute Gasteiger partial charge is 0.457 e. The van der Waals surface area contributed by atoms with Crippen molar-refractivity contribution in [2.75, 3.05) is 33.0 Å². The standard InChI is InChI=1S/C46H83O9P/c1-3-5-7-9-11-13-15-17-19-20-21-22-23-24-25-26-28-30-32-34-36-38-46(49)55-45(43-54-56(50,51)53-41-44(48)40-47)42-52-39-37-35-33-31-29-27-18-16-14-12-10-8-6-4-2/h6,8,12,14-15,17-18,20-21,27,44-45,47-48H,3-5,7,9-11,13,16,19,22-26,28-43H2,1-2H3,(H,50,51)/b8-6-,14-12-,17-15-,21-20-,27-18-. The fraction of sp³-hybridized carbons (Fsp3) is 0.761. The molecule has 0 rings (SSSR count). The third kappa shape index (κ3) is 41.8. The number of hydrogen-bond donors (Lipinski definition) is 3. The van der Waals surface area contributed by atoms with Crippen LogP contribution in [0.3, 0.4) is 0 Å². The zero-order valence-electron chi connectivity index (χ0n) is 35.6. The second-order valence-corrected chi connectivity index (χ2v) is 16.1. The van der Waals surface area contributed by atoms with Crippen LogP contribution < -0.4 is 0 Å². The molecule has 0 aliphatic heterocycles. The number of allylic oxidation sites excluding steroid dienone is 10. The Morgan fingerprint density at radius 2 is 1.02 bits per heavy atom. The summed E-state index contributed by atoms with van der Waals surface area (Å²) in [6.45, 7) is 3.33. The van der Waals surface area contributed by atoms with Crippen LogP contribution in [0.25, 0.3) is 0 Å². The van der Waals surface area contributed by atoms with E-state index in [1.807, 2.05) is 0 Å². The highest BCUT2D eigenvalue weighted by molar-refractivity contribution is 7.47. The van der Waals surface area contributed by atoms with Crippen LogP contribution in [0.2, 0.25) is 0 Å². The molecule has 0 fully saturated rings. The largest absolute Gasteiger partial charge is 0.472 e. The molecule has 0 saturated heterocycles. The summed E-state index contributed by atoms with van der Waals surface area (Å²) in [5, 5.41) is 18.3. The second kappa shape index (κ2) is 42.8. The second-order valence-electron chi connectivity index (χ2n) is 14.7. The molecule has 0 aliphatic rings. The minimum Gasteiger partial charge on any atom is -0.457 e. The third-order valence-electron chi connectivity index (χ3n) is 9.19. The van der Waals surface area contributed by atoms with E-state index >= 15 is 0 Å². The molecule has 3 N–H and O–H groups in total. The van der Waals surface area contributed by atoms with Crippen molar-refractivity contribution in [1.82, 2.24) is 0 Å². The number of phosphoric ester groups is 1. The van der Waals surface area contributed by atoms with Gasteiger partial charge in [-0.1, -0.05) is 158 Å². The van der Waals surface area contributed by atoms with E-state index < -0.39 is 45.8 Å². The zero-order chi connectivity index (χ0) is 41.1. The van der Waals surface area contributed by atoms with E-state index in [0.29, 0.717) is 6.61 Å². The third-order valence-corrected chi connectivity index (χ3v) is 10.1. The zero-order valence-corrected chi connectivity index (χ0v) is 36.5. The minimum absolute atomic E-state index is 0.0302. The molecule has 0 amide bonds. The monoisotopic (exact) mass is 811 g/mol. The van der Waals surface area contributed by atoms with Gasteiger partial charge in [-0.25, -0.2) is 4.57 Å². The Kier molecular flexibility index (Phi) is 41.4. The van der Waals surface area contributed by atoms with Crippen LogP contribution in [0.5, 0.6) is 0 Å². The maximum absolute atomic E-state index is 12.6. The van der Waals surface area contributed by atoms with Crippen molar-refractivity contribution in [3.05, 3.63) is 60.8 Å². The number of ether oxygens (including phenoxy) is 2. The van der Waals surface area contributed by atoms with Crippen molar-refractivity contribution < 1.29 is 43.0 Å². The molecule has 0 aromatic carbocycles. The maximum Gasteiger partial charge on any atom is 0.472 e. The Morgan fingerprint density at radius 3 is 1.54 bits per heavy atom. The molecule has 0 heterocycles. The molecule has 0 aromatic rings. The van der Waals surface area contributed by atoms with Crippen molar-refractivity contribution in [1.29, 1.82) is 0 Å². The Hall–Kier alpha value is -1.84. The highest BCUT2D eigenvalue weighted by atomic mass is 31.2. The van der Waals surface area contributed by atoms with Crippen molar-refractivity contribution in [3.8, 4) is 0 Å². The van der Waals surface area contributed by atoms with Crippen LogP contribution in [0.1, 0.15) is 181 Å². The van der Waals surface area contributed by atoms with Crippen LogP contribution in [0.15, 0.2) is 60.8 Å². The molecular weight excluding hydrogens is 727 g/mol. The first-order chi connectivity index (χ1) is 27.3. The molecule has 0 bridgehead atoms. The molecule has 10 heteroatoms. The van der Waals surface area contributed by atoms with Crippen molar-refractivity contribution in [2.24, 2.45) is 0 Å². The lowest BCUT2D eigenvalue weighted by molar-refractivity contribution is -0.154. The Labute approximate surface area is 342 Å². The van der Waals surface area contributed by atoms with Crippen LogP contribution in [0, 0.1) is 0 Å². The lowest BCUT2D eigenvalue weighted by atomic mass is 10.1. The van der Waals surface area contributed by atoms with E-state index in [1.165, 1.54) is 70.6 Å². The topological polar surface area (TPSA) is 132 Å². The van der Waals surface area contributed by atoms with Crippen molar-refractivity contribution >= 4 is 13.8 Å². The fourth-order valence-corrected chi connectivity index (χ4v) is 6.60. The Balaban J connectivity index is 4.17. The summed E-state index contributed by atoms with van der Waals surface area (Å²) < 4.78 is 33.3. The quantitative estimate of drug-likeness (QED) is 0.0239. The van der Waals surface area contributed by atoms with Crippen molar-refractivity contribution in [3.63, 3.8) is 0 Å². The molecule has 0 spiro atoms. The number of aliphatic hydroxyl groups is 2. The number of unbranched alkanes of at least 4 members (excludes halogenated alkanes) is 18. The number of carbonyl (C=O) groups is 1. The van der Waals surface area contributed by atoms with Gasteiger partial charge in [-0.3, -0.25) is 13.8 Å². The summed E-state index contributed by atoms with van der Waals surface area (Å²) in [6, 6.07) is 0. The average molecular weight is 811 g/mol. The van der Waals surface area contributed by atoms with Gasteiger partial charge in [0.2, 0.25) is 0 Å². The summed E-state index contributed by atoms with van der Waals surface area (Å²) in [5.41, 5.74) is 0. The van der Waals surface area contributed by atoms with Crippen LogP contribution in [-0.2, 0) is 27.9 Å². The molecule has 3 unspecified atom stereocenters. The van der Waals surface area contributed by atoms with Gasteiger partial charge >= 0.3 is 13.8 Å². The van der Waals surface area contributed by atoms with Gasteiger partial charge in [0.15, 0.2) is 0 Å². The van der Waals surface area contributed by atoms with E-state index in [4.69, 9.17) is 23.6 Å². The minimum atomic E-state index is -4.53. The van der Waals surface area contributed by atoms with Gasteiger partial charge in [0, 0.05) is 13.0 Å². The summed E-state index contributed by atoms with van der Waals surface area (Å²) in [6.07, 6.45) is 48.9. The number of rotatable bonds is 42. The maximum atomic E-state index is 12.6. The van der Waals surface area contributed by atoms with Gasteiger partial charge in [0.25, 0.3) is 0 Å². The summed E-state index contributed by atoms with van der Waals surface area (Å²) in [4.78, 5) is 22.6. The van der Waals surface area contributed by atoms with E-state index in [2.05, 4.69) is 74.6 Å². The van der Waals surface area contributed by atoms with E-state index in [1.54, 1.807) is 0 Å². The van der Waals surface area contributed by atoms with E-state index in [-0.39, 0.29) is 13.0 Å². The molecule has 0 aliphatic carbocycles. The first kappa shape index (κ1) is 54.2. The molecule has 0 aromatic heterocycles. The van der Waals surface area contributed by atoms with Crippen LogP contribution in [0.4, 0.5) is 0 Å². The van der Waals surface area contributed by atoms with Gasteiger partial charge < -0.3 is 24.6 Å². The average Bonchev–Trinajstić information content (AvgIpc) is 3.19. The van der Waals surface area contributed by atoms with Gasteiger partial charge in [-0.15, -0.1) is 0 Å². The highest BCUT2D eigenvalue weighted by Crippen LogP contribution is 2.43. The van der Waals surface area contributed by atoms with E-state index in [9.17, 15) is 19.4 Å². The summed E-state index contributed by atoms with van der Waals surface area (Å²) in [5.74, 6) is -0.397. The molecule has 56 heavy (non-hydrogen) atoms. The first-order valence-corrected chi connectivity index (χ1v) is 23.8. The highest BCUT2D eigenvalue weighted by Gasteiger charge is 2.26. The Morgan fingerprint density at radius 1 is 0.571 bits per heavy atom. The summed E-state index contributed by atoms with van der Waals surface area (Å²) in [7, 11) is -4.53. The normalized spacial score (nSPS) is 14.6. The first-order valence-electron chi connectivity index (χ1n) is 22.3. The SMILES string of the molecule is CC/C=C\C/C=C\C/C=C\CCCCCCOCC(COP(=O)(O)OCC(O)CO)OC(=O)CCCCCCCCCCC/C=C\C/C=C\CCCCCCC.